The second-order valence-electron chi connectivity index (χ2n) is 7.83. The second-order valence-corrected chi connectivity index (χ2v) is 7.83. The molecule has 0 aliphatic heterocycles. The van der Waals surface area contributed by atoms with Crippen LogP contribution >= 0.6 is 0 Å². The summed E-state index contributed by atoms with van der Waals surface area (Å²) in [4.78, 5) is 25.1. The van der Waals surface area contributed by atoms with E-state index >= 15 is 0 Å². The van der Waals surface area contributed by atoms with Gasteiger partial charge in [-0.05, 0) is 48.2 Å². The monoisotopic (exact) mass is 415 g/mol. The van der Waals surface area contributed by atoms with Crippen LogP contribution in [0.2, 0.25) is 0 Å². The summed E-state index contributed by atoms with van der Waals surface area (Å²) in [7, 11) is 0. The molecule has 3 aromatic carbocycles. The normalized spacial score (nSPS) is 11.6. The van der Waals surface area contributed by atoms with Gasteiger partial charge >= 0.3 is 0 Å². The van der Waals surface area contributed by atoms with Gasteiger partial charge in [0.15, 0.2) is 0 Å². The van der Waals surface area contributed by atoms with Crippen LogP contribution in [0.25, 0.3) is 0 Å². The molecule has 2 amide bonds. The molecule has 0 heterocycles. The number of anilines is 2. The number of amides is 2. The summed E-state index contributed by atoms with van der Waals surface area (Å²) in [6, 6.07) is 24.6. The number of nitrogens with one attached hydrogen (secondary N) is 3. The third-order valence-corrected chi connectivity index (χ3v) is 5.08. The number of benzene rings is 3. The van der Waals surface area contributed by atoms with Gasteiger partial charge in [0.05, 0.1) is 12.6 Å². The number of para-hydroxylation sites is 1. The van der Waals surface area contributed by atoms with Crippen molar-refractivity contribution >= 4 is 23.2 Å². The van der Waals surface area contributed by atoms with Gasteiger partial charge in [-0.1, -0.05) is 68.4 Å². The van der Waals surface area contributed by atoms with E-state index in [0.29, 0.717) is 17.2 Å². The molecule has 0 fully saturated rings. The molecule has 0 saturated carbocycles. The summed E-state index contributed by atoms with van der Waals surface area (Å²) in [6.07, 6.45) is 0. The van der Waals surface area contributed by atoms with E-state index in [0.717, 1.165) is 11.3 Å². The molecule has 1 unspecified atom stereocenters. The lowest BCUT2D eigenvalue weighted by Crippen LogP contribution is -2.27. The number of carbonyl (C=O) groups is 2. The van der Waals surface area contributed by atoms with E-state index in [-0.39, 0.29) is 24.4 Å². The summed E-state index contributed by atoms with van der Waals surface area (Å²) < 4.78 is 0. The highest BCUT2D eigenvalue weighted by molar-refractivity contribution is 5.98. The SMILES string of the molecule is CC(C)c1ccccc1NCC(=O)Nc1cccc(C(=O)NC(C)c2ccccc2)c1. The molecule has 0 aliphatic carbocycles. The molecule has 5 heteroatoms. The first-order valence-electron chi connectivity index (χ1n) is 10.5. The standard InChI is InChI=1S/C26H29N3O2/c1-18(2)23-14-7-8-15-24(23)27-17-25(30)29-22-13-9-12-21(16-22)26(31)28-19(3)20-10-5-4-6-11-20/h4-16,18-19,27H,17H2,1-3H3,(H,28,31)(H,29,30). The summed E-state index contributed by atoms with van der Waals surface area (Å²) in [5.41, 5.74) is 4.24. The molecule has 0 spiro atoms. The highest BCUT2D eigenvalue weighted by atomic mass is 16.2. The Balaban J connectivity index is 1.59. The molecule has 0 aliphatic rings. The fourth-order valence-electron chi connectivity index (χ4n) is 3.39. The summed E-state index contributed by atoms with van der Waals surface area (Å²) in [6.45, 7) is 6.33. The molecule has 5 nitrogen and oxygen atoms in total. The zero-order chi connectivity index (χ0) is 22.2. The van der Waals surface area contributed by atoms with Crippen molar-refractivity contribution < 1.29 is 9.59 Å². The van der Waals surface area contributed by atoms with Crippen LogP contribution in [-0.4, -0.2) is 18.4 Å². The quantitative estimate of drug-likeness (QED) is 0.464. The molecule has 160 valence electrons. The Morgan fingerprint density at radius 2 is 1.55 bits per heavy atom. The van der Waals surface area contributed by atoms with Crippen LogP contribution in [0.4, 0.5) is 11.4 Å². The van der Waals surface area contributed by atoms with E-state index in [4.69, 9.17) is 0 Å². The van der Waals surface area contributed by atoms with E-state index in [1.54, 1.807) is 24.3 Å². The van der Waals surface area contributed by atoms with Crippen molar-refractivity contribution in [3.8, 4) is 0 Å². The van der Waals surface area contributed by atoms with E-state index in [1.165, 1.54) is 5.56 Å². The van der Waals surface area contributed by atoms with E-state index in [1.807, 2.05) is 55.5 Å². The van der Waals surface area contributed by atoms with Crippen LogP contribution in [0.5, 0.6) is 0 Å². The third-order valence-electron chi connectivity index (χ3n) is 5.08. The Bertz CT molecular complexity index is 1030. The Morgan fingerprint density at radius 3 is 2.29 bits per heavy atom. The summed E-state index contributed by atoms with van der Waals surface area (Å²) in [5.74, 6) is 0.00504. The fraction of sp³-hybridized carbons (Fsp3) is 0.231. The zero-order valence-corrected chi connectivity index (χ0v) is 18.2. The topological polar surface area (TPSA) is 70.2 Å². The Kier molecular flexibility index (Phi) is 7.44. The Labute approximate surface area is 183 Å². The van der Waals surface area contributed by atoms with Crippen molar-refractivity contribution in [2.45, 2.75) is 32.7 Å². The van der Waals surface area contributed by atoms with Gasteiger partial charge < -0.3 is 16.0 Å². The minimum atomic E-state index is -0.184. The van der Waals surface area contributed by atoms with Crippen molar-refractivity contribution in [1.29, 1.82) is 0 Å². The molecule has 31 heavy (non-hydrogen) atoms. The predicted molar refractivity (Wildman–Crippen MR) is 126 cm³/mol. The van der Waals surface area contributed by atoms with Crippen molar-refractivity contribution in [3.05, 3.63) is 95.6 Å². The number of hydrogen-bond acceptors (Lipinski definition) is 3. The smallest absolute Gasteiger partial charge is 0.251 e. The van der Waals surface area contributed by atoms with Crippen LogP contribution in [0.3, 0.4) is 0 Å². The first kappa shape index (κ1) is 22.1. The fourth-order valence-corrected chi connectivity index (χ4v) is 3.39. The molecule has 3 aromatic rings. The molecule has 0 radical (unpaired) electrons. The molecule has 0 bridgehead atoms. The number of hydrogen-bond donors (Lipinski definition) is 3. The lowest BCUT2D eigenvalue weighted by atomic mass is 10.0. The minimum Gasteiger partial charge on any atom is -0.376 e. The van der Waals surface area contributed by atoms with E-state index in [2.05, 4.69) is 35.9 Å². The van der Waals surface area contributed by atoms with Gasteiger partial charge in [0.2, 0.25) is 5.91 Å². The van der Waals surface area contributed by atoms with Crippen LogP contribution in [0.15, 0.2) is 78.9 Å². The van der Waals surface area contributed by atoms with Crippen molar-refractivity contribution in [3.63, 3.8) is 0 Å². The molecule has 3 rings (SSSR count). The summed E-state index contributed by atoms with van der Waals surface area (Å²) >= 11 is 0. The van der Waals surface area contributed by atoms with Gasteiger partial charge in [0, 0.05) is 16.9 Å². The highest BCUT2D eigenvalue weighted by Gasteiger charge is 2.13. The Hall–Kier alpha value is -3.60. The maximum Gasteiger partial charge on any atom is 0.251 e. The van der Waals surface area contributed by atoms with Gasteiger partial charge in [-0.25, -0.2) is 0 Å². The maximum absolute atomic E-state index is 12.6. The molecular weight excluding hydrogens is 386 g/mol. The van der Waals surface area contributed by atoms with Crippen molar-refractivity contribution in [2.75, 3.05) is 17.2 Å². The zero-order valence-electron chi connectivity index (χ0n) is 18.2. The van der Waals surface area contributed by atoms with Gasteiger partial charge in [0.1, 0.15) is 0 Å². The molecular formula is C26H29N3O2. The van der Waals surface area contributed by atoms with Gasteiger partial charge in [0.25, 0.3) is 5.91 Å². The van der Waals surface area contributed by atoms with Gasteiger partial charge in [-0.2, -0.15) is 0 Å². The lowest BCUT2D eigenvalue weighted by molar-refractivity contribution is -0.114. The van der Waals surface area contributed by atoms with Crippen molar-refractivity contribution in [1.82, 2.24) is 5.32 Å². The highest BCUT2D eigenvalue weighted by Crippen LogP contribution is 2.23. The Morgan fingerprint density at radius 1 is 0.839 bits per heavy atom. The first-order valence-corrected chi connectivity index (χ1v) is 10.5. The molecule has 3 N–H and O–H groups in total. The van der Waals surface area contributed by atoms with E-state index < -0.39 is 0 Å². The minimum absolute atomic E-state index is 0.114. The second kappa shape index (κ2) is 10.4. The third kappa shape index (κ3) is 6.19. The largest absolute Gasteiger partial charge is 0.376 e. The average molecular weight is 416 g/mol. The van der Waals surface area contributed by atoms with Crippen molar-refractivity contribution in [2.24, 2.45) is 0 Å². The molecule has 0 aromatic heterocycles. The van der Waals surface area contributed by atoms with Crippen LogP contribution in [-0.2, 0) is 4.79 Å². The number of rotatable bonds is 8. The molecule has 0 saturated heterocycles. The van der Waals surface area contributed by atoms with E-state index in [9.17, 15) is 9.59 Å². The lowest BCUT2D eigenvalue weighted by Gasteiger charge is -2.15. The van der Waals surface area contributed by atoms with Gasteiger partial charge in [-0.3, -0.25) is 9.59 Å². The average Bonchev–Trinajstić information content (AvgIpc) is 2.78. The van der Waals surface area contributed by atoms with Gasteiger partial charge in [-0.15, -0.1) is 0 Å². The van der Waals surface area contributed by atoms with Crippen LogP contribution in [0.1, 0.15) is 54.2 Å². The maximum atomic E-state index is 12.6. The first-order chi connectivity index (χ1) is 14.9. The predicted octanol–water partition coefficient (Wildman–Crippen LogP) is 5.35. The van der Waals surface area contributed by atoms with Crippen LogP contribution in [0, 0.1) is 0 Å². The van der Waals surface area contributed by atoms with Crippen LogP contribution < -0.4 is 16.0 Å². The number of carbonyl (C=O) groups excluding carboxylic acids is 2. The summed E-state index contributed by atoms with van der Waals surface area (Å²) in [5, 5.41) is 9.06. The molecule has 1 atom stereocenters.